The minimum atomic E-state index is -3.37. The molecule has 0 fully saturated rings. The van der Waals surface area contributed by atoms with Gasteiger partial charge in [0, 0.05) is 6.26 Å². The third-order valence-corrected chi connectivity index (χ3v) is 4.12. The maximum atomic E-state index is 13.0. The monoisotopic (exact) mass is 332 g/mol. The summed E-state index contributed by atoms with van der Waals surface area (Å²) in [6.07, 6.45) is -0.339. The SMILES string of the molecule is CC(=NO)C(=O)N[C@H](CF)[C@@H](O)c1ccc(S(C)(=O)=O)cc1. The maximum absolute atomic E-state index is 13.0. The van der Waals surface area contributed by atoms with E-state index in [2.05, 4.69) is 10.5 Å². The number of aliphatic hydroxyl groups is 1. The van der Waals surface area contributed by atoms with E-state index in [0.29, 0.717) is 0 Å². The summed E-state index contributed by atoms with van der Waals surface area (Å²) in [6.45, 7) is 0.164. The van der Waals surface area contributed by atoms with Crippen LogP contribution in [0.1, 0.15) is 18.6 Å². The van der Waals surface area contributed by atoms with E-state index in [-0.39, 0.29) is 16.2 Å². The van der Waals surface area contributed by atoms with Crippen molar-refractivity contribution in [2.24, 2.45) is 5.16 Å². The maximum Gasteiger partial charge on any atom is 0.269 e. The largest absolute Gasteiger partial charge is 0.410 e. The molecule has 122 valence electrons. The van der Waals surface area contributed by atoms with Gasteiger partial charge in [-0.25, -0.2) is 12.8 Å². The molecule has 1 amide bonds. The van der Waals surface area contributed by atoms with Gasteiger partial charge in [0.05, 0.1) is 10.9 Å². The van der Waals surface area contributed by atoms with E-state index >= 15 is 0 Å². The Hall–Kier alpha value is -2.00. The molecule has 0 bridgehead atoms. The zero-order valence-electron chi connectivity index (χ0n) is 12.0. The van der Waals surface area contributed by atoms with Gasteiger partial charge in [-0.15, -0.1) is 0 Å². The number of rotatable bonds is 6. The number of nitrogens with zero attached hydrogens (tertiary/aromatic N) is 1. The number of alkyl halides is 1. The Morgan fingerprint density at radius 2 is 1.91 bits per heavy atom. The first-order valence-corrected chi connectivity index (χ1v) is 8.13. The Kier molecular flexibility index (Phi) is 6.01. The lowest BCUT2D eigenvalue weighted by Crippen LogP contribution is -2.43. The van der Waals surface area contributed by atoms with E-state index in [9.17, 15) is 22.7 Å². The minimum absolute atomic E-state index is 0.0625. The Balaban J connectivity index is 2.92. The van der Waals surface area contributed by atoms with Crippen molar-refractivity contribution in [1.82, 2.24) is 5.32 Å². The highest BCUT2D eigenvalue weighted by molar-refractivity contribution is 7.90. The van der Waals surface area contributed by atoms with E-state index in [1.54, 1.807) is 0 Å². The number of oxime groups is 1. The van der Waals surface area contributed by atoms with Gasteiger partial charge in [-0.2, -0.15) is 0 Å². The number of halogens is 1. The number of benzene rings is 1. The van der Waals surface area contributed by atoms with Crippen LogP contribution in [0.25, 0.3) is 0 Å². The summed E-state index contributed by atoms with van der Waals surface area (Å²) < 4.78 is 35.7. The lowest BCUT2D eigenvalue weighted by Gasteiger charge is -2.21. The molecule has 22 heavy (non-hydrogen) atoms. The van der Waals surface area contributed by atoms with Gasteiger partial charge in [-0.05, 0) is 24.6 Å². The average Bonchev–Trinajstić information content (AvgIpc) is 2.50. The first-order chi connectivity index (χ1) is 10.2. The summed E-state index contributed by atoms with van der Waals surface area (Å²) >= 11 is 0. The predicted molar refractivity (Wildman–Crippen MR) is 77.3 cm³/mol. The predicted octanol–water partition coefficient (Wildman–Crippen LogP) is 0.428. The van der Waals surface area contributed by atoms with Crippen molar-refractivity contribution in [2.75, 3.05) is 12.9 Å². The van der Waals surface area contributed by atoms with Crippen molar-refractivity contribution in [1.29, 1.82) is 0 Å². The molecule has 0 saturated heterocycles. The van der Waals surface area contributed by atoms with E-state index in [1.165, 1.54) is 31.2 Å². The molecule has 0 aromatic heterocycles. The molecular weight excluding hydrogens is 315 g/mol. The fourth-order valence-electron chi connectivity index (χ4n) is 1.66. The smallest absolute Gasteiger partial charge is 0.269 e. The van der Waals surface area contributed by atoms with E-state index in [0.717, 1.165) is 6.26 Å². The van der Waals surface area contributed by atoms with Gasteiger partial charge in [0.15, 0.2) is 9.84 Å². The van der Waals surface area contributed by atoms with Crippen LogP contribution in [0.4, 0.5) is 4.39 Å². The quantitative estimate of drug-likeness (QED) is 0.397. The number of aliphatic hydroxyl groups excluding tert-OH is 1. The van der Waals surface area contributed by atoms with Crippen LogP contribution in [0.3, 0.4) is 0 Å². The Morgan fingerprint density at radius 3 is 2.32 bits per heavy atom. The number of nitrogens with one attached hydrogen (secondary N) is 1. The van der Waals surface area contributed by atoms with Crippen molar-refractivity contribution in [3.05, 3.63) is 29.8 Å². The van der Waals surface area contributed by atoms with Crippen molar-refractivity contribution >= 4 is 21.5 Å². The summed E-state index contributed by atoms with van der Waals surface area (Å²) in [5.41, 5.74) is -0.0352. The number of hydrogen-bond donors (Lipinski definition) is 3. The van der Waals surface area contributed by atoms with E-state index < -0.39 is 34.6 Å². The van der Waals surface area contributed by atoms with Crippen molar-refractivity contribution in [3.8, 4) is 0 Å². The second-order valence-electron chi connectivity index (χ2n) is 4.71. The topological polar surface area (TPSA) is 116 Å². The molecule has 1 aromatic carbocycles. The third-order valence-electron chi connectivity index (χ3n) is 2.99. The van der Waals surface area contributed by atoms with Gasteiger partial charge < -0.3 is 15.6 Å². The molecule has 3 N–H and O–H groups in total. The van der Waals surface area contributed by atoms with Gasteiger partial charge >= 0.3 is 0 Å². The molecule has 9 heteroatoms. The first-order valence-electron chi connectivity index (χ1n) is 6.24. The molecule has 1 rings (SSSR count). The highest BCUT2D eigenvalue weighted by atomic mass is 32.2. The van der Waals surface area contributed by atoms with Crippen LogP contribution in [-0.4, -0.2) is 49.3 Å². The Labute approximate surface area is 127 Å². The summed E-state index contributed by atoms with van der Waals surface area (Å²) in [6, 6.07) is 3.98. The zero-order valence-corrected chi connectivity index (χ0v) is 12.8. The molecule has 0 spiro atoms. The molecule has 1 aromatic rings. The Morgan fingerprint density at radius 1 is 1.36 bits per heavy atom. The molecule has 0 aliphatic rings. The second kappa shape index (κ2) is 7.32. The normalized spacial score (nSPS) is 15.2. The zero-order chi connectivity index (χ0) is 16.9. The molecule has 0 unspecified atom stereocenters. The number of hydrogen-bond acceptors (Lipinski definition) is 6. The molecule has 7 nitrogen and oxygen atoms in total. The average molecular weight is 332 g/mol. The Bertz CT molecular complexity index is 658. The molecule has 0 aliphatic carbocycles. The minimum Gasteiger partial charge on any atom is -0.410 e. The van der Waals surface area contributed by atoms with Crippen LogP contribution < -0.4 is 5.32 Å². The van der Waals surface area contributed by atoms with Crippen molar-refractivity contribution in [3.63, 3.8) is 0 Å². The lowest BCUT2D eigenvalue weighted by molar-refractivity contribution is -0.116. The fourth-order valence-corrected chi connectivity index (χ4v) is 2.30. The summed E-state index contributed by atoms with van der Waals surface area (Å²) in [7, 11) is -3.37. The summed E-state index contributed by atoms with van der Waals surface area (Å²) in [4.78, 5) is 11.6. The van der Waals surface area contributed by atoms with Crippen LogP contribution in [0, 0.1) is 0 Å². The van der Waals surface area contributed by atoms with Crippen LogP contribution in [0.2, 0.25) is 0 Å². The van der Waals surface area contributed by atoms with Crippen molar-refractivity contribution < 1.29 is 27.9 Å². The van der Waals surface area contributed by atoms with Gasteiger partial charge in [0.1, 0.15) is 18.5 Å². The number of sulfone groups is 1. The van der Waals surface area contributed by atoms with Crippen LogP contribution in [0.5, 0.6) is 0 Å². The fraction of sp³-hybridized carbons (Fsp3) is 0.385. The molecule has 0 heterocycles. The highest BCUT2D eigenvalue weighted by Crippen LogP contribution is 2.20. The van der Waals surface area contributed by atoms with Crippen LogP contribution >= 0.6 is 0 Å². The molecule has 0 aliphatic heterocycles. The van der Waals surface area contributed by atoms with Gasteiger partial charge in [-0.3, -0.25) is 4.79 Å². The van der Waals surface area contributed by atoms with Crippen LogP contribution in [-0.2, 0) is 14.6 Å². The lowest BCUT2D eigenvalue weighted by atomic mass is 10.0. The first kappa shape index (κ1) is 18.1. The standard InChI is InChI=1S/C13H17FN2O5S/c1-8(16-19)13(18)15-11(7-14)12(17)9-3-5-10(6-4-9)22(2,20)21/h3-6,11-12,17,19H,7H2,1-2H3,(H,15,18)/t11-,12+/m1/s1. The van der Waals surface area contributed by atoms with Crippen LogP contribution in [0.15, 0.2) is 34.3 Å². The number of carbonyl (C=O) groups excluding carboxylic acids is 1. The van der Waals surface area contributed by atoms with Gasteiger partial charge in [-0.1, -0.05) is 17.3 Å². The summed E-state index contributed by atoms with van der Waals surface area (Å²) in [5, 5.41) is 23.4. The summed E-state index contributed by atoms with van der Waals surface area (Å²) in [5.74, 6) is -0.822. The third kappa shape index (κ3) is 4.50. The highest BCUT2D eigenvalue weighted by Gasteiger charge is 2.24. The van der Waals surface area contributed by atoms with E-state index in [4.69, 9.17) is 5.21 Å². The number of amides is 1. The molecule has 2 atom stereocenters. The number of carbonyl (C=O) groups is 1. The van der Waals surface area contributed by atoms with E-state index in [1.807, 2.05) is 0 Å². The van der Waals surface area contributed by atoms with Crippen molar-refractivity contribution in [2.45, 2.75) is 24.0 Å². The van der Waals surface area contributed by atoms with Gasteiger partial charge in [0.25, 0.3) is 5.91 Å². The molecular formula is C13H17FN2O5S. The van der Waals surface area contributed by atoms with Gasteiger partial charge in [0.2, 0.25) is 0 Å². The second-order valence-corrected chi connectivity index (χ2v) is 6.72. The molecule has 0 radical (unpaired) electrons. The molecule has 0 saturated carbocycles.